The molecule has 2 aromatic rings. The summed E-state index contributed by atoms with van der Waals surface area (Å²) in [6.07, 6.45) is 2.80. The zero-order chi connectivity index (χ0) is 11.4. The SMILES string of the molecule is CCc1cccnc1CNc1nnc(Br)s1. The number of hydrogen-bond acceptors (Lipinski definition) is 5. The lowest BCUT2D eigenvalue weighted by molar-refractivity contribution is 0.959. The second kappa shape index (κ2) is 5.36. The fourth-order valence-electron chi connectivity index (χ4n) is 1.39. The van der Waals surface area contributed by atoms with Crippen LogP contribution in [0, 0.1) is 0 Å². The van der Waals surface area contributed by atoms with E-state index in [1.807, 2.05) is 12.3 Å². The summed E-state index contributed by atoms with van der Waals surface area (Å²) in [4.78, 5) is 4.35. The summed E-state index contributed by atoms with van der Waals surface area (Å²) in [6, 6.07) is 4.06. The molecule has 6 heteroatoms. The molecule has 0 aromatic carbocycles. The number of halogens is 1. The molecule has 16 heavy (non-hydrogen) atoms. The number of hydrogen-bond donors (Lipinski definition) is 1. The quantitative estimate of drug-likeness (QED) is 0.943. The fourth-order valence-corrected chi connectivity index (χ4v) is 2.39. The summed E-state index contributed by atoms with van der Waals surface area (Å²) in [5.74, 6) is 0. The molecule has 84 valence electrons. The zero-order valence-electron chi connectivity index (χ0n) is 8.77. The third-order valence-electron chi connectivity index (χ3n) is 2.17. The molecule has 0 spiro atoms. The second-order valence-corrected chi connectivity index (χ2v) is 5.43. The molecule has 0 aliphatic heterocycles. The van der Waals surface area contributed by atoms with Gasteiger partial charge in [-0.25, -0.2) is 0 Å². The molecule has 0 amide bonds. The van der Waals surface area contributed by atoms with Crippen molar-refractivity contribution in [3.8, 4) is 0 Å². The van der Waals surface area contributed by atoms with Gasteiger partial charge in [0, 0.05) is 6.20 Å². The molecule has 0 saturated carbocycles. The summed E-state index contributed by atoms with van der Waals surface area (Å²) < 4.78 is 0.784. The number of anilines is 1. The van der Waals surface area contributed by atoms with E-state index in [1.54, 1.807) is 0 Å². The van der Waals surface area contributed by atoms with E-state index in [9.17, 15) is 0 Å². The first-order valence-corrected chi connectivity index (χ1v) is 6.56. The molecule has 0 unspecified atom stereocenters. The minimum absolute atomic E-state index is 0.686. The number of nitrogens with zero attached hydrogens (tertiary/aromatic N) is 3. The maximum atomic E-state index is 4.35. The van der Waals surface area contributed by atoms with E-state index in [2.05, 4.69) is 49.4 Å². The third-order valence-corrected chi connectivity index (χ3v) is 3.49. The minimum atomic E-state index is 0.686. The highest BCUT2D eigenvalue weighted by Gasteiger charge is 2.04. The zero-order valence-corrected chi connectivity index (χ0v) is 11.2. The van der Waals surface area contributed by atoms with Crippen LogP contribution in [-0.4, -0.2) is 15.2 Å². The molecule has 0 aliphatic carbocycles. The summed E-state index contributed by atoms with van der Waals surface area (Å²) in [5, 5.41) is 11.9. The first-order valence-electron chi connectivity index (χ1n) is 4.95. The highest BCUT2D eigenvalue weighted by molar-refractivity contribution is 9.11. The molecular formula is C10H11BrN4S. The van der Waals surface area contributed by atoms with Gasteiger partial charge in [-0.15, -0.1) is 10.2 Å². The summed E-state index contributed by atoms with van der Waals surface area (Å²) in [7, 11) is 0. The van der Waals surface area contributed by atoms with Crippen LogP contribution < -0.4 is 5.32 Å². The summed E-state index contributed by atoms with van der Waals surface area (Å²) in [5.41, 5.74) is 2.33. The maximum Gasteiger partial charge on any atom is 0.206 e. The van der Waals surface area contributed by atoms with Gasteiger partial charge >= 0.3 is 0 Å². The average Bonchev–Trinajstić information content (AvgIpc) is 2.73. The third kappa shape index (κ3) is 2.76. The molecule has 0 fully saturated rings. The molecule has 4 nitrogen and oxygen atoms in total. The van der Waals surface area contributed by atoms with Crippen molar-refractivity contribution in [3.05, 3.63) is 33.5 Å². The molecule has 0 radical (unpaired) electrons. The Bertz CT molecular complexity index is 471. The molecule has 0 bridgehead atoms. The number of rotatable bonds is 4. The van der Waals surface area contributed by atoms with Gasteiger partial charge in [0.2, 0.25) is 5.13 Å². The van der Waals surface area contributed by atoms with Gasteiger partial charge in [-0.3, -0.25) is 4.98 Å². The lowest BCUT2D eigenvalue weighted by Gasteiger charge is -2.06. The van der Waals surface area contributed by atoms with E-state index in [1.165, 1.54) is 16.9 Å². The Hall–Kier alpha value is -1.01. The number of aromatic nitrogens is 3. The fraction of sp³-hybridized carbons (Fsp3) is 0.300. The summed E-state index contributed by atoms with van der Waals surface area (Å²) in [6.45, 7) is 2.81. The van der Waals surface area contributed by atoms with Crippen molar-refractivity contribution in [2.45, 2.75) is 19.9 Å². The van der Waals surface area contributed by atoms with E-state index >= 15 is 0 Å². The normalized spacial score (nSPS) is 10.4. The number of aryl methyl sites for hydroxylation is 1. The second-order valence-electron chi connectivity index (χ2n) is 3.18. The molecule has 0 atom stereocenters. The Balaban J connectivity index is 2.04. The monoisotopic (exact) mass is 298 g/mol. The highest BCUT2D eigenvalue weighted by Crippen LogP contribution is 2.20. The van der Waals surface area contributed by atoms with Gasteiger partial charge in [-0.1, -0.05) is 24.3 Å². The van der Waals surface area contributed by atoms with E-state index in [-0.39, 0.29) is 0 Å². The van der Waals surface area contributed by atoms with Crippen molar-refractivity contribution in [3.63, 3.8) is 0 Å². The first-order chi connectivity index (χ1) is 7.79. The van der Waals surface area contributed by atoms with Crippen molar-refractivity contribution in [2.24, 2.45) is 0 Å². The first kappa shape index (κ1) is 11.5. The lowest BCUT2D eigenvalue weighted by atomic mass is 10.1. The largest absolute Gasteiger partial charge is 0.354 e. The van der Waals surface area contributed by atoms with Gasteiger partial charge in [0.05, 0.1) is 12.2 Å². The van der Waals surface area contributed by atoms with E-state index < -0.39 is 0 Å². The Morgan fingerprint density at radius 2 is 2.31 bits per heavy atom. The molecule has 2 aromatic heterocycles. The van der Waals surface area contributed by atoms with Gasteiger partial charge < -0.3 is 5.32 Å². The van der Waals surface area contributed by atoms with Crippen LogP contribution in [0.15, 0.2) is 22.2 Å². The van der Waals surface area contributed by atoms with Crippen LogP contribution in [-0.2, 0) is 13.0 Å². The molecule has 0 saturated heterocycles. The maximum absolute atomic E-state index is 4.35. The Morgan fingerprint density at radius 1 is 1.44 bits per heavy atom. The van der Waals surface area contributed by atoms with Gasteiger partial charge in [0.1, 0.15) is 0 Å². The Kier molecular flexibility index (Phi) is 3.84. The van der Waals surface area contributed by atoms with Crippen LogP contribution in [0.4, 0.5) is 5.13 Å². The highest BCUT2D eigenvalue weighted by atomic mass is 79.9. The van der Waals surface area contributed by atoms with Gasteiger partial charge in [-0.2, -0.15) is 0 Å². The van der Waals surface area contributed by atoms with Crippen LogP contribution in [0.5, 0.6) is 0 Å². The molecular weight excluding hydrogens is 288 g/mol. The van der Waals surface area contributed by atoms with Crippen LogP contribution in [0.3, 0.4) is 0 Å². The standard InChI is InChI=1S/C10H11BrN4S/c1-2-7-4-3-5-12-8(7)6-13-10-15-14-9(11)16-10/h3-5H,2,6H2,1H3,(H,13,15). The molecule has 1 N–H and O–H groups in total. The van der Waals surface area contributed by atoms with Crippen molar-refractivity contribution in [1.82, 2.24) is 15.2 Å². The van der Waals surface area contributed by atoms with Crippen LogP contribution in [0.25, 0.3) is 0 Å². The van der Waals surface area contributed by atoms with Crippen LogP contribution >= 0.6 is 27.3 Å². The Morgan fingerprint density at radius 3 is 3.00 bits per heavy atom. The van der Waals surface area contributed by atoms with Crippen molar-refractivity contribution in [2.75, 3.05) is 5.32 Å². The van der Waals surface area contributed by atoms with E-state index in [0.29, 0.717) is 6.54 Å². The van der Waals surface area contributed by atoms with Gasteiger partial charge in [0.15, 0.2) is 3.92 Å². The lowest BCUT2D eigenvalue weighted by Crippen LogP contribution is -2.04. The van der Waals surface area contributed by atoms with Crippen LogP contribution in [0.1, 0.15) is 18.2 Å². The summed E-state index contributed by atoms with van der Waals surface area (Å²) >= 11 is 4.75. The predicted molar refractivity (Wildman–Crippen MR) is 68.6 cm³/mol. The number of nitrogens with one attached hydrogen (secondary N) is 1. The van der Waals surface area contributed by atoms with Crippen molar-refractivity contribution >= 4 is 32.4 Å². The smallest absolute Gasteiger partial charge is 0.206 e. The minimum Gasteiger partial charge on any atom is -0.354 e. The number of pyridine rings is 1. The van der Waals surface area contributed by atoms with E-state index in [4.69, 9.17) is 0 Å². The topological polar surface area (TPSA) is 50.7 Å². The molecule has 0 aliphatic rings. The molecule has 2 heterocycles. The van der Waals surface area contributed by atoms with E-state index in [0.717, 1.165) is 21.2 Å². The van der Waals surface area contributed by atoms with Crippen molar-refractivity contribution in [1.29, 1.82) is 0 Å². The van der Waals surface area contributed by atoms with Crippen LogP contribution in [0.2, 0.25) is 0 Å². The average molecular weight is 299 g/mol. The predicted octanol–water partition coefficient (Wildman–Crippen LogP) is 2.87. The Labute approximate surface area is 106 Å². The van der Waals surface area contributed by atoms with Gasteiger partial charge in [0.25, 0.3) is 0 Å². The van der Waals surface area contributed by atoms with Crippen molar-refractivity contribution < 1.29 is 0 Å². The van der Waals surface area contributed by atoms with Gasteiger partial charge in [-0.05, 0) is 34.0 Å². The molecule has 2 rings (SSSR count).